The van der Waals surface area contributed by atoms with Gasteiger partial charge in [0.05, 0.1) is 6.04 Å². The molecule has 0 radical (unpaired) electrons. The summed E-state index contributed by atoms with van der Waals surface area (Å²) < 4.78 is 34.0. The number of aromatic nitrogens is 2. The number of nitrogens with zero attached hydrogens (tertiary/aromatic N) is 2. The Labute approximate surface area is 171 Å². The average Bonchev–Trinajstić information content (AvgIpc) is 3.09. The number of amides is 1. The van der Waals surface area contributed by atoms with Gasteiger partial charge < -0.3 is 21.5 Å². The second-order valence-corrected chi connectivity index (χ2v) is 7.10. The number of nitrogens with one attached hydrogen (secondary N) is 1. The summed E-state index contributed by atoms with van der Waals surface area (Å²) in [6, 6.07) is 9.72. The number of carbonyl (C=O) groups is 1. The molecule has 0 atom stereocenters. The van der Waals surface area contributed by atoms with Crippen molar-refractivity contribution in [2.24, 2.45) is 5.73 Å². The smallest absolute Gasteiger partial charge is 0.254 e. The van der Waals surface area contributed by atoms with Crippen molar-refractivity contribution >= 4 is 11.7 Å². The summed E-state index contributed by atoms with van der Waals surface area (Å²) in [4.78, 5) is 12.1. The maximum absolute atomic E-state index is 13.8. The summed E-state index contributed by atoms with van der Waals surface area (Å²) in [5.74, 6) is -1.65. The molecule has 1 fully saturated rings. The van der Waals surface area contributed by atoms with Crippen LogP contribution in [0, 0.1) is 11.6 Å². The van der Waals surface area contributed by atoms with Gasteiger partial charge in [0, 0.05) is 11.6 Å². The Balaban J connectivity index is 1.64. The summed E-state index contributed by atoms with van der Waals surface area (Å²) in [5.41, 5.74) is 13.0. The predicted octanol–water partition coefficient (Wildman–Crippen LogP) is 3.23. The molecule has 1 aliphatic heterocycles. The van der Waals surface area contributed by atoms with Gasteiger partial charge in [0.1, 0.15) is 28.6 Å². The van der Waals surface area contributed by atoms with Gasteiger partial charge in [0.15, 0.2) is 11.6 Å². The lowest BCUT2D eigenvalue weighted by molar-refractivity contribution is 0.100. The summed E-state index contributed by atoms with van der Waals surface area (Å²) in [6.45, 7) is 1.69. The zero-order chi connectivity index (χ0) is 21.3. The minimum Gasteiger partial charge on any atom is -0.454 e. The Kier molecular flexibility index (Phi) is 5.37. The van der Waals surface area contributed by atoms with Crippen LogP contribution in [-0.2, 0) is 0 Å². The zero-order valence-corrected chi connectivity index (χ0v) is 16.1. The van der Waals surface area contributed by atoms with E-state index in [0.29, 0.717) is 17.0 Å². The first-order valence-electron chi connectivity index (χ1n) is 9.56. The molecule has 0 spiro atoms. The number of benzene rings is 2. The molecule has 9 heteroatoms. The third-order valence-corrected chi connectivity index (χ3v) is 5.10. The Morgan fingerprint density at radius 3 is 2.47 bits per heavy atom. The molecule has 2 aromatic carbocycles. The summed E-state index contributed by atoms with van der Waals surface area (Å²) in [7, 11) is 0. The molecule has 0 bridgehead atoms. The number of rotatable bonds is 5. The number of hydrogen-bond acceptors (Lipinski definition) is 5. The SMILES string of the molecule is NC(=O)c1c(-c2ccc(Oc3ccc(F)cc3F)cc2)nn(C2CCNCC2)c1N. The van der Waals surface area contributed by atoms with Crippen LogP contribution >= 0.6 is 0 Å². The Morgan fingerprint density at radius 1 is 1.13 bits per heavy atom. The van der Waals surface area contributed by atoms with E-state index in [0.717, 1.165) is 38.1 Å². The van der Waals surface area contributed by atoms with Crippen molar-refractivity contribution in [3.05, 3.63) is 59.7 Å². The molecule has 30 heavy (non-hydrogen) atoms. The normalized spacial score (nSPS) is 14.6. The second-order valence-electron chi connectivity index (χ2n) is 7.10. The predicted molar refractivity (Wildman–Crippen MR) is 108 cm³/mol. The Bertz CT molecular complexity index is 1080. The highest BCUT2D eigenvalue weighted by atomic mass is 19.1. The largest absolute Gasteiger partial charge is 0.454 e. The summed E-state index contributed by atoms with van der Waals surface area (Å²) in [6.07, 6.45) is 1.69. The highest BCUT2D eigenvalue weighted by Crippen LogP contribution is 2.33. The van der Waals surface area contributed by atoms with E-state index in [1.165, 1.54) is 6.07 Å². The fraction of sp³-hybridized carbons (Fsp3) is 0.238. The van der Waals surface area contributed by atoms with Gasteiger partial charge in [-0.2, -0.15) is 5.10 Å². The average molecular weight is 413 g/mol. The first-order chi connectivity index (χ1) is 14.4. The van der Waals surface area contributed by atoms with E-state index >= 15 is 0 Å². The maximum Gasteiger partial charge on any atom is 0.254 e. The Morgan fingerprint density at radius 2 is 1.83 bits per heavy atom. The molecule has 4 rings (SSSR count). The van der Waals surface area contributed by atoms with Crippen LogP contribution in [0.4, 0.5) is 14.6 Å². The quantitative estimate of drug-likeness (QED) is 0.595. The lowest BCUT2D eigenvalue weighted by Crippen LogP contribution is -2.30. The number of piperidine rings is 1. The first kappa shape index (κ1) is 19.8. The molecule has 1 amide bonds. The van der Waals surface area contributed by atoms with E-state index in [1.54, 1.807) is 28.9 Å². The van der Waals surface area contributed by atoms with E-state index in [-0.39, 0.29) is 23.2 Å². The summed E-state index contributed by atoms with van der Waals surface area (Å²) in [5, 5.41) is 7.86. The fourth-order valence-corrected chi connectivity index (χ4v) is 3.59. The van der Waals surface area contributed by atoms with Crippen LogP contribution in [0.5, 0.6) is 11.5 Å². The molecule has 5 N–H and O–H groups in total. The van der Waals surface area contributed by atoms with Crippen LogP contribution in [-0.4, -0.2) is 28.8 Å². The molecule has 0 unspecified atom stereocenters. The molecule has 3 aromatic rings. The standard InChI is InChI=1S/C21H21F2N5O2/c22-13-3-6-17(16(23)11-13)30-15-4-1-12(2-5-15)19-18(21(25)29)20(24)28(27-19)14-7-9-26-10-8-14/h1-6,11,14,26H,7-10,24H2,(H2,25,29). The maximum atomic E-state index is 13.8. The number of nitrogen functional groups attached to an aromatic ring is 1. The van der Waals surface area contributed by atoms with Crippen LogP contribution in [0.25, 0.3) is 11.3 Å². The van der Waals surface area contributed by atoms with Gasteiger partial charge in [0.25, 0.3) is 5.91 Å². The van der Waals surface area contributed by atoms with Crippen molar-refractivity contribution in [1.82, 2.24) is 15.1 Å². The van der Waals surface area contributed by atoms with E-state index in [1.807, 2.05) is 0 Å². The van der Waals surface area contributed by atoms with Gasteiger partial charge in [-0.25, -0.2) is 13.5 Å². The summed E-state index contributed by atoms with van der Waals surface area (Å²) >= 11 is 0. The molecule has 156 valence electrons. The van der Waals surface area contributed by atoms with Crippen molar-refractivity contribution in [3.63, 3.8) is 0 Å². The highest BCUT2D eigenvalue weighted by molar-refractivity contribution is 6.03. The first-order valence-corrected chi connectivity index (χ1v) is 9.56. The molecule has 1 aliphatic rings. The molecule has 1 saturated heterocycles. The van der Waals surface area contributed by atoms with Crippen LogP contribution < -0.4 is 21.5 Å². The minimum absolute atomic E-state index is 0.0853. The lowest BCUT2D eigenvalue weighted by atomic mass is 10.1. The minimum atomic E-state index is -0.802. The molecular weight excluding hydrogens is 392 g/mol. The number of primary amides is 1. The van der Waals surface area contributed by atoms with E-state index < -0.39 is 17.5 Å². The van der Waals surface area contributed by atoms with Crippen molar-refractivity contribution in [2.45, 2.75) is 18.9 Å². The van der Waals surface area contributed by atoms with E-state index in [9.17, 15) is 13.6 Å². The third kappa shape index (κ3) is 3.84. The van der Waals surface area contributed by atoms with Crippen molar-refractivity contribution in [3.8, 4) is 22.8 Å². The number of halogens is 2. The molecule has 2 heterocycles. The highest BCUT2D eigenvalue weighted by Gasteiger charge is 2.26. The van der Waals surface area contributed by atoms with E-state index in [4.69, 9.17) is 16.2 Å². The van der Waals surface area contributed by atoms with Crippen LogP contribution in [0.1, 0.15) is 29.2 Å². The second kappa shape index (κ2) is 8.11. The Hall–Kier alpha value is -3.46. The van der Waals surface area contributed by atoms with Crippen molar-refractivity contribution in [1.29, 1.82) is 0 Å². The molecule has 7 nitrogen and oxygen atoms in total. The number of nitrogens with two attached hydrogens (primary N) is 2. The van der Waals surface area contributed by atoms with Crippen LogP contribution in [0.15, 0.2) is 42.5 Å². The molecular formula is C21H21F2N5O2. The van der Waals surface area contributed by atoms with Crippen molar-refractivity contribution in [2.75, 3.05) is 18.8 Å². The number of carbonyl (C=O) groups excluding carboxylic acids is 1. The van der Waals surface area contributed by atoms with Gasteiger partial charge in [-0.1, -0.05) is 0 Å². The van der Waals surface area contributed by atoms with Gasteiger partial charge in [-0.15, -0.1) is 0 Å². The monoisotopic (exact) mass is 413 g/mol. The van der Waals surface area contributed by atoms with Crippen molar-refractivity contribution < 1.29 is 18.3 Å². The van der Waals surface area contributed by atoms with Gasteiger partial charge >= 0.3 is 0 Å². The lowest BCUT2D eigenvalue weighted by Gasteiger charge is -2.23. The molecule has 0 aliphatic carbocycles. The zero-order valence-electron chi connectivity index (χ0n) is 16.1. The van der Waals surface area contributed by atoms with Gasteiger partial charge in [-0.05, 0) is 62.3 Å². The van der Waals surface area contributed by atoms with Crippen LogP contribution in [0.2, 0.25) is 0 Å². The van der Waals surface area contributed by atoms with Gasteiger partial charge in [-0.3, -0.25) is 4.79 Å². The van der Waals surface area contributed by atoms with Gasteiger partial charge in [0.2, 0.25) is 0 Å². The fourth-order valence-electron chi connectivity index (χ4n) is 3.59. The number of anilines is 1. The van der Waals surface area contributed by atoms with E-state index in [2.05, 4.69) is 10.4 Å². The topological polar surface area (TPSA) is 108 Å². The number of ether oxygens (including phenoxy) is 1. The number of hydrogen-bond donors (Lipinski definition) is 3. The molecule has 1 aromatic heterocycles. The molecule has 0 saturated carbocycles. The van der Waals surface area contributed by atoms with Crippen LogP contribution in [0.3, 0.4) is 0 Å². The third-order valence-electron chi connectivity index (χ3n) is 5.10.